The molecule has 0 unspecified atom stereocenters. The highest BCUT2D eigenvalue weighted by Gasteiger charge is 2.18. The molecule has 0 radical (unpaired) electrons. The number of methoxy groups -OCH3 is 1. The maximum Gasteiger partial charge on any atom is 0.119 e. The molecule has 1 aliphatic carbocycles. The van der Waals surface area contributed by atoms with Crippen LogP contribution in [0.2, 0.25) is 0 Å². The number of aliphatic hydroxyl groups excluding tert-OH is 1. The summed E-state index contributed by atoms with van der Waals surface area (Å²) in [5.41, 5.74) is 2.28. The van der Waals surface area contributed by atoms with Gasteiger partial charge < -0.3 is 19.3 Å². The topological polar surface area (TPSA) is 47.9 Å². The lowest BCUT2D eigenvalue weighted by atomic mass is 9.89. The molecule has 0 aromatic heterocycles. The number of fused-ring (bicyclic) bond motifs is 1. The zero-order chi connectivity index (χ0) is 14.2. The highest BCUT2D eigenvalue weighted by atomic mass is 16.5. The molecule has 1 N–H and O–H groups in total. The summed E-state index contributed by atoms with van der Waals surface area (Å²) in [5.74, 6) is 0.835. The van der Waals surface area contributed by atoms with Gasteiger partial charge in [-0.05, 0) is 42.5 Å². The largest absolute Gasteiger partial charge is 0.493 e. The molecule has 0 saturated heterocycles. The molecule has 112 valence electrons. The van der Waals surface area contributed by atoms with Crippen molar-refractivity contribution in [1.29, 1.82) is 0 Å². The number of ether oxygens (including phenoxy) is 3. The lowest BCUT2D eigenvalue weighted by molar-refractivity contribution is 0.0644. The van der Waals surface area contributed by atoms with Crippen LogP contribution < -0.4 is 4.74 Å². The highest BCUT2D eigenvalue weighted by molar-refractivity contribution is 5.38. The summed E-state index contributed by atoms with van der Waals surface area (Å²) >= 11 is 0. The van der Waals surface area contributed by atoms with Gasteiger partial charge in [0.25, 0.3) is 0 Å². The molecular weight excluding hydrogens is 256 g/mol. The molecule has 4 nitrogen and oxygen atoms in total. The molecule has 1 aromatic rings. The maximum absolute atomic E-state index is 9.99. The lowest BCUT2D eigenvalue weighted by Crippen LogP contribution is -2.10. The van der Waals surface area contributed by atoms with Gasteiger partial charge in [0, 0.05) is 20.1 Å². The van der Waals surface area contributed by atoms with Gasteiger partial charge in [0.05, 0.1) is 25.9 Å². The second-order valence-electron chi connectivity index (χ2n) is 5.08. The Bertz CT molecular complexity index is 405. The first-order chi connectivity index (χ1) is 9.81. The van der Waals surface area contributed by atoms with Gasteiger partial charge in [0.1, 0.15) is 5.75 Å². The second kappa shape index (κ2) is 8.25. The van der Waals surface area contributed by atoms with Crippen LogP contribution in [0.25, 0.3) is 0 Å². The molecule has 1 aromatic carbocycles. The molecular formula is C16H24O4. The fourth-order valence-corrected chi connectivity index (χ4v) is 2.44. The molecule has 0 bridgehead atoms. The molecule has 4 heteroatoms. The minimum absolute atomic E-state index is 0.334. The Kier molecular flexibility index (Phi) is 6.30. The van der Waals surface area contributed by atoms with Crippen LogP contribution in [0.1, 0.15) is 36.5 Å². The SMILES string of the molecule is COCCOCCCOc1ccc2c(c1)[C@@H](O)CCC2. The number of benzene rings is 1. The van der Waals surface area contributed by atoms with Crippen LogP contribution in [0.15, 0.2) is 18.2 Å². The van der Waals surface area contributed by atoms with Crippen LogP contribution in [-0.2, 0) is 15.9 Å². The normalized spacial score (nSPS) is 17.8. The van der Waals surface area contributed by atoms with E-state index in [1.54, 1.807) is 7.11 Å². The number of hydrogen-bond donors (Lipinski definition) is 1. The van der Waals surface area contributed by atoms with Crippen molar-refractivity contribution in [1.82, 2.24) is 0 Å². The van der Waals surface area contributed by atoms with E-state index in [1.165, 1.54) is 5.56 Å². The molecule has 0 aliphatic heterocycles. The molecule has 0 saturated carbocycles. The van der Waals surface area contributed by atoms with Crippen molar-refractivity contribution in [3.8, 4) is 5.75 Å². The quantitative estimate of drug-likeness (QED) is 0.743. The average Bonchev–Trinajstić information content (AvgIpc) is 2.47. The Morgan fingerprint density at radius 2 is 2.10 bits per heavy atom. The van der Waals surface area contributed by atoms with Gasteiger partial charge in [-0.1, -0.05) is 6.07 Å². The fourth-order valence-electron chi connectivity index (χ4n) is 2.44. The third-order valence-corrected chi connectivity index (χ3v) is 3.53. The van der Waals surface area contributed by atoms with E-state index in [0.29, 0.717) is 26.4 Å². The van der Waals surface area contributed by atoms with Crippen LogP contribution in [0, 0.1) is 0 Å². The standard InChI is InChI=1S/C16H24O4/c1-18-10-11-19-8-3-9-20-14-7-6-13-4-2-5-16(17)15(13)12-14/h6-7,12,16-17H,2-5,8-11H2,1H3/t16-/m0/s1. The molecule has 0 spiro atoms. The number of aryl methyl sites for hydroxylation is 1. The Morgan fingerprint density at radius 1 is 1.20 bits per heavy atom. The van der Waals surface area contributed by atoms with Gasteiger partial charge in [-0.2, -0.15) is 0 Å². The smallest absolute Gasteiger partial charge is 0.119 e. The first kappa shape index (κ1) is 15.3. The number of rotatable bonds is 8. The Labute approximate surface area is 120 Å². The summed E-state index contributed by atoms with van der Waals surface area (Å²) in [6.45, 7) is 2.56. The van der Waals surface area contributed by atoms with E-state index in [4.69, 9.17) is 14.2 Å². The predicted molar refractivity (Wildman–Crippen MR) is 77.1 cm³/mol. The molecule has 0 heterocycles. The Balaban J connectivity index is 1.72. The van der Waals surface area contributed by atoms with Gasteiger partial charge in [-0.3, -0.25) is 0 Å². The Hall–Kier alpha value is -1.10. The van der Waals surface area contributed by atoms with Gasteiger partial charge in [0.2, 0.25) is 0 Å². The van der Waals surface area contributed by atoms with Crippen molar-refractivity contribution in [3.63, 3.8) is 0 Å². The summed E-state index contributed by atoms with van der Waals surface area (Å²) in [4.78, 5) is 0. The predicted octanol–water partition coefficient (Wildman–Crippen LogP) is 2.49. The fraction of sp³-hybridized carbons (Fsp3) is 0.625. The van der Waals surface area contributed by atoms with E-state index >= 15 is 0 Å². The van der Waals surface area contributed by atoms with E-state index in [-0.39, 0.29) is 6.10 Å². The van der Waals surface area contributed by atoms with Gasteiger partial charge in [-0.15, -0.1) is 0 Å². The van der Waals surface area contributed by atoms with Crippen LogP contribution in [0.3, 0.4) is 0 Å². The summed E-state index contributed by atoms with van der Waals surface area (Å²) in [7, 11) is 1.66. The summed E-state index contributed by atoms with van der Waals surface area (Å²) in [5, 5.41) is 9.99. The molecule has 1 atom stereocenters. The minimum Gasteiger partial charge on any atom is -0.493 e. The average molecular weight is 280 g/mol. The zero-order valence-electron chi connectivity index (χ0n) is 12.1. The maximum atomic E-state index is 9.99. The van der Waals surface area contributed by atoms with Crippen molar-refractivity contribution in [2.24, 2.45) is 0 Å². The van der Waals surface area contributed by atoms with Gasteiger partial charge in [0.15, 0.2) is 0 Å². The van der Waals surface area contributed by atoms with Crippen LogP contribution in [-0.4, -0.2) is 38.6 Å². The minimum atomic E-state index is -0.334. The summed E-state index contributed by atoms with van der Waals surface area (Å²) in [6, 6.07) is 6.04. The van der Waals surface area contributed by atoms with Crippen LogP contribution >= 0.6 is 0 Å². The van der Waals surface area contributed by atoms with Crippen molar-refractivity contribution < 1.29 is 19.3 Å². The zero-order valence-corrected chi connectivity index (χ0v) is 12.1. The van der Waals surface area contributed by atoms with E-state index in [1.807, 2.05) is 12.1 Å². The van der Waals surface area contributed by atoms with Gasteiger partial charge in [-0.25, -0.2) is 0 Å². The molecule has 20 heavy (non-hydrogen) atoms. The lowest BCUT2D eigenvalue weighted by Gasteiger charge is -2.22. The van der Waals surface area contributed by atoms with Crippen molar-refractivity contribution >= 4 is 0 Å². The van der Waals surface area contributed by atoms with Crippen LogP contribution in [0.5, 0.6) is 5.75 Å². The van der Waals surface area contributed by atoms with Gasteiger partial charge >= 0.3 is 0 Å². The monoisotopic (exact) mass is 280 g/mol. The molecule has 0 amide bonds. The third-order valence-electron chi connectivity index (χ3n) is 3.53. The first-order valence-corrected chi connectivity index (χ1v) is 7.31. The van der Waals surface area contributed by atoms with Crippen molar-refractivity contribution in [2.45, 2.75) is 31.8 Å². The molecule has 0 fully saturated rings. The third kappa shape index (κ3) is 4.47. The van der Waals surface area contributed by atoms with Crippen molar-refractivity contribution in [3.05, 3.63) is 29.3 Å². The van der Waals surface area contributed by atoms with Crippen molar-refractivity contribution in [2.75, 3.05) is 33.5 Å². The Morgan fingerprint density at radius 3 is 2.95 bits per heavy atom. The van der Waals surface area contributed by atoms with E-state index in [9.17, 15) is 5.11 Å². The van der Waals surface area contributed by atoms with E-state index in [2.05, 4.69) is 6.07 Å². The number of hydrogen-bond acceptors (Lipinski definition) is 4. The first-order valence-electron chi connectivity index (χ1n) is 7.31. The van der Waals surface area contributed by atoms with E-state index < -0.39 is 0 Å². The second-order valence-corrected chi connectivity index (χ2v) is 5.08. The van der Waals surface area contributed by atoms with Crippen LogP contribution in [0.4, 0.5) is 0 Å². The molecule has 1 aliphatic rings. The molecule has 2 rings (SSSR count). The summed E-state index contributed by atoms with van der Waals surface area (Å²) in [6.07, 6.45) is 3.49. The number of aliphatic hydroxyl groups is 1. The summed E-state index contributed by atoms with van der Waals surface area (Å²) < 4.78 is 16.0. The highest BCUT2D eigenvalue weighted by Crippen LogP contribution is 2.32. The van der Waals surface area contributed by atoms with E-state index in [0.717, 1.165) is 37.0 Å².